The summed E-state index contributed by atoms with van der Waals surface area (Å²) in [5.74, 6) is 0.127. The number of H-pyrrole nitrogens is 1. The first kappa shape index (κ1) is 15.9. The standard InChI is InChI=1S/C19H16N4O3/c24-18(14-6-7-15(22-19(14)25)16-4-3-11-26-16)20-9-8-13-12-23-10-2-1-5-17(23)21-13/h1-7,10-12H,8-9H2,(H,20,24)(H,22,25). The van der Waals surface area contributed by atoms with Gasteiger partial charge in [0.2, 0.25) is 0 Å². The minimum Gasteiger partial charge on any atom is -0.463 e. The molecule has 2 N–H and O–H groups in total. The van der Waals surface area contributed by atoms with Crippen LogP contribution in [0.15, 0.2) is 70.3 Å². The molecule has 0 saturated heterocycles. The number of rotatable bonds is 5. The van der Waals surface area contributed by atoms with E-state index in [-0.39, 0.29) is 5.56 Å². The number of hydrogen-bond donors (Lipinski definition) is 2. The van der Waals surface area contributed by atoms with Gasteiger partial charge in [-0.3, -0.25) is 9.59 Å². The third kappa shape index (κ3) is 3.14. The van der Waals surface area contributed by atoms with Crippen LogP contribution in [0.25, 0.3) is 17.1 Å². The van der Waals surface area contributed by atoms with E-state index in [0.29, 0.717) is 24.4 Å². The molecular formula is C19H16N4O3. The van der Waals surface area contributed by atoms with Gasteiger partial charge in [0.25, 0.3) is 11.5 Å². The van der Waals surface area contributed by atoms with Crippen LogP contribution in [-0.4, -0.2) is 26.8 Å². The average molecular weight is 348 g/mol. The molecule has 1 amide bonds. The topological polar surface area (TPSA) is 92.4 Å². The van der Waals surface area contributed by atoms with Crippen molar-refractivity contribution in [2.24, 2.45) is 0 Å². The van der Waals surface area contributed by atoms with Crippen LogP contribution in [0, 0.1) is 0 Å². The van der Waals surface area contributed by atoms with Crippen molar-refractivity contribution in [2.45, 2.75) is 6.42 Å². The number of nitrogens with zero attached hydrogens (tertiary/aromatic N) is 2. The first-order valence-electron chi connectivity index (χ1n) is 8.19. The smallest absolute Gasteiger partial charge is 0.261 e. The molecule has 0 radical (unpaired) electrons. The SMILES string of the molecule is O=C(NCCc1cn2ccccc2n1)c1ccc(-c2ccco2)[nH]c1=O. The summed E-state index contributed by atoms with van der Waals surface area (Å²) >= 11 is 0. The summed E-state index contributed by atoms with van der Waals surface area (Å²) in [6.07, 6.45) is 5.94. The van der Waals surface area contributed by atoms with E-state index in [2.05, 4.69) is 15.3 Å². The second kappa shape index (κ2) is 6.72. The number of hydrogen-bond acceptors (Lipinski definition) is 4. The van der Waals surface area contributed by atoms with E-state index in [9.17, 15) is 9.59 Å². The maximum atomic E-state index is 12.2. The second-order valence-corrected chi connectivity index (χ2v) is 5.80. The summed E-state index contributed by atoms with van der Waals surface area (Å²) in [6, 6.07) is 12.4. The summed E-state index contributed by atoms with van der Waals surface area (Å²) in [5, 5.41) is 2.76. The van der Waals surface area contributed by atoms with Gasteiger partial charge in [-0.05, 0) is 36.4 Å². The first-order valence-corrected chi connectivity index (χ1v) is 8.19. The van der Waals surface area contributed by atoms with E-state index >= 15 is 0 Å². The zero-order valence-corrected chi connectivity index (χ0v) is 13.8. The Morgan fingerprint density at radius 1 is 1.19 bits per heavy atom. The number of aromatic nitrogens is 3. The minimum absolute atomic E-state index is 0.0651. The van der Waals surface area contributed by atoms with Crippen LogP contribution in [0.1, 0.15) is 16.1 Å². The molecule has 130 valence electrons. The Morgan fingerprint density at radius 2 is 2.12 bits per heavy atom. The fourth-order valence-electron chi connectivity index (χ4n) is 2.73. The Balaban J connectivity index is 1.41. The Kier molecular flexibility index (Phi) is 4.10. The largest absolute Gasteiger partial charge is 0.463 e. The first-order chi connectivity index (χ1) is 12.7. The van der Waals surface area contributed by atoms with Crippen molar-refractivity contribution >= 4 is 11.6 Å². The molecule has 0 spiro atoms. The Morgan fingerprint density at radius 3 is 2.88 bits per heavy atom. The monoisotopic (exact) mass is 348 g/mol. The highest BCUT2D eigenvalue weighted by Gasteiger charge is 2.12. The third-order valence-corrected chi connectivity index (χ3v) is 4.02. The number of aromatic amines is 1. The van der Waals surface area contributed by atoms with Crippen molar-refractivity contribution in [2.75, 3.05) is 6.54 Å². The van der Waals surface area contributed by atoms with Gasteiger partial charge in [0, 0.05) is 25.4 Å². The molecule has 0 unspecified atom stereocenters. The molecule has 26 heavy (non-hydrogen) atoms. The van der Waals surface area contributed by atoms with Gasteiger partial charge in [-0.15, -0.1) is 0 Å². The number of furan rings is 1. The molecule has 0 bridgehead atoms. The van der Waals surface area contributed by atoms with Gasteiger partial charge in [0.15, 0.2) is 0 Å². The number of carbonyl (C=O) groups excluding carboxylic acids is 1. The molecular weight excluding hydrogens is 332 g/mol. The highest BCUT2D eigenvalue weighted by atomic mass is 16.3. The number of amides is 1. The molecule has 0 aliphatic rings. The molecule has 4 rings (SSSR count). The lowest BCUT2D eigenvalue weighted by atomic mass is 10.2. The maximum absolute atomic E-state index is 12.2. The lowest BCUT2D eigenvalue weighted by molar-refractivity contribution is 0.0952. The highest BCUT2D eigenvalue weighted by Crippen LogP contribution is 2.15. The van der Waals surface area contributed by atoms with Crippen LogP contribution in [-0.2, 0) is 6.42 Å². The summed E-state index contributed by atoms with van der Waals surface area (Å²) in [5.41, 5.74) is 1.87. The number of nitrogens with one attached hydrogen (secondary N) is 2. The van der Waals surface area contributed by atoms with E-state index in [1.807, 2.05) is 35.0 Å². The summed E-state index contributed by atoms with van der Waals surface area (Å²) in [4.78, 5) is 31.5. The number of pyridine rings is 2. The normalized spacial score (nSPS) is 10.9. The van der Waals surface area contributed by atoms with E-state index in [1.54, 1.807) is 18.2 Å². The average Bonchev–Trinajstić information content (AvgIpc) is 3.31. The molecule has 4 aromatic rings. The highest BCUT2D eigenvalue weighted by molar-refractivity contribution is 5.94. The van der Waals surface area contributed by atoms with Gasteiger partial charge >= 0.3 is 0 Å². The predicted molar refractivity (Wildman–Crippen MR) is 96.0 cm³/mol. The number of carbonyl (C=O) groups is 1. The Labute approximate surface area is 148 Å². The lowest BCUT2D eigenvalue weighted by Crippen LogP contribution is -2.31. The lowest BCUT2D eigenvalue weighted by Gasteiger charge is -2.04. The van der Waals surface area contributed by atoms with Gasteiger partial charge in [-0.1, -0.05) is 6.07 Å². The molecule has 7 nitrogen and oxygen atoms in total. The van der Waals surface area contributed by atoms with Crippen molar-refractivity contribution < 1.29 is 9.21 Å². The van der Waals surface area contributed by atoms with E-state index < -0.39 is 11.5 Å². The number of imidazole rings is 1. The molecule has 4 aromatic heterocycles. The van der Waals surface area contributed by atoms with Crippen LogP contribution in [0.3, 0.4) is 0 Å². The summed E-state index contributed by atoms with van der Waals surface area (Å²) in [7, 11) is 0. The van der Waals surface area contributed by atoms with Crippen molar-refractivity contribution in [3.05, 3.63) is 82.7 Å². The van der Waals surface area contributed by atoms with Crippen molar-refractivity contribution in [1.29, 1.82) is 0 Å². The second-order valence-electron chi connectivity index (χ2n) is 5.80. The molecule has 7 heteroatoms. The predicted octanol–water partition coefficient (Wildman–Crippen LogP) is 2.26. The fraction of sp³-hybridized carbons (Fsp3) is 0.105. The van der Waals surface area contributed by atoms with Crippen molar-refractivity contribution in [3.63, 3.8) is 0 Å². The molecule has 0 aliphatic heterocycles. The summed E-state index contributed by atoms with van der Waals surface area (Å²) in [6.45, 7) is 0.391. The van der Waals surface area contributed by atoms with Crippen LogP contribution < -0.4 is 10.9 Å². The molecule has 0 fully saturated rings. The zero-order valence-electron chi connectivity index (χ0n) is 13.8. The van der Waals surface area contributed by atoms with Crippen LogP contribution in [0.2, 0.25) is 0 Å². The third-order valence-electron chi connectivity index (χ3n) is 4.02. The Hall–Kier alpha value is -3.61. The quantitative estimate of drug-likeness (QED) is 0.579. The van der Waals surface area contributed by atoms with E-state index in [0.717, 1.165) is 11.3 Å². The van der Waals surface area contributed by atoms with Gasteiger partial charge in [0.05, 0.1) is 17.7 Å². The van der Waals surface area contributed by atoms with Gasteiger partial charge in [-0.25, -0.2) is 4.98 Å². The van der Waals surface area contributed by atoms with Crippen LogP contribution in [0.4, 0.5) is 0 Å². The van der Waals surface area contributed by atoms with Crippen molar-refractivity contribution in [1.82, 2.24) is 19.7 Å². The van der Waals surface area contributed by atoms with Gasteiger partial charge in [0.1, 0.15) is 17.0 Å². The van der Waals surface area contributed by atoms with Crippen molar-refractivity contribution in [3.8, 4) is 11.5 Å². The zero-order chi connectivity index (χ0) is 17.9. The van der Waals surface area contributed by atoms with E-state index in [4.69, 9.17) is 4.42 Å². The summed E-state index contributed by atoms with van der Waals surface area (Å²) < 4.78 is 7.16. The van der Waals surface area contributed by atoms with Crippen LogP contribution >= 0.6 is 0 Å². The van der Waals surface area contributed by atoms with E-state index in [1.165, 1.54) is 12.3 Å². The molecule has 0 saturated carbocycles. The van der Waals surface area contributed by atoms with Gasteiger partial charge < -0.3 is 19.1 Å². The van der Waals surface area contributed by atoms with Gasteiger partial charge in [-0.2, -0.15) is 0 Å². The Bertz CT molecular complexity index is 1080. The molecule has 0 atom stereocenters. The minimum atomic E-state index is -0.455. The maximum Gasteiger partial charge on any atom is 0.261 e. The van der Waals surface area contributed by atoms with Crippen LogP contribution in [0.5, 0.6) is 0 Å². The molecule has 0 aliphatic carbocycles. The molecule has 0 aromatic carbocycles. The fourth-order valence-corrected chi connectivity index (χ4v) is 2.73. The number of fused-ring (bicyclic) bond motifs is 1. The molecule has 4 heterocycles.